The number of aromatic nitrogens is 3. The van der Waals surface area contributed by atoms with Crippen molar-refractivity contribution in [3.05, 3.63) is 57.8 Å². The van der Waals surface area contributed by atoms with Gasteiger partial charge in [0, 0.05) is 13.0 Å². The summed E-state index contributed by atoms with van der Waals surface area (Å²) in [5, 5.41) is 7.02. The molecule has 0 bridgehead atoms. The molecule has 0 spiro atoms. The third kappa shape index (κ3) is 3.51. The van der Waals surface area contributed by atoms with Crippen LogP contribution in [0.15, 0.2) is 39.6 Å². The quantitative estimate of drug-likeness (QED) is 0.733. The summed E-state index contributed by atoms with van der Waals surface area (Å²) in [6, 6.07) is 9.97. The number of nitrogens with one attached hydrogen (secondary N) is 1. The highest BCUT2D eigenvalue weighted by atomic mass is 16.5. The van der Waals surface area contributed by atoms with Gasteiger partial charge in [0.25, 0.3) is 11.3 Å². The van der Waals surface area contributed by atoms with Gasteiger partial charge in [-0.25, -0.2) is 0 Å². The highest BCUT2D eigenvalue weighted by molar-refractivity contribution is 5.77. The Kier molecular flexibility index (Phi) is 5.16. The second-order valence-electron chi connectivity index (χ2n) is 6.34. The van der Waals surface area contributed by atoms with Crippen molar-refractivity contribution in [2.75, 3.05) is 6.54 Å². The van der Waals surface area contributed by atoms with E-state index in [-0.39, 0.29) is 29.6 Å². The van der Waals surface area contributed by atoms with E-state index < -0.39 is 0 Å². The van der Waals surface area contributed by atoms with Gasteiger partial charge >= 0.3 is 0 Å². The van der Waals surface area contributed by atoms with E-state index in [1.807, 2.05) is 44.2 Å². The molecule has 2 aromatic heterocycles. The Morgan fingerprint density at radius 2 is 2.04 bits per heavy atom. The van der Waals surface area contributed by atoms with Crippen molar-refractivity contribution >= 4 is 17.0 Å². The van der Waals surface area contributed by atoms with Gasteiger partial charge in [-0.3, -0.25) is 14.2 Å². The van der Waals surface area contributed by atoms with Gasteiger partial charge < -0.3 is 9.84 Å². The maximum atomic E-state index is 12.7. The fourth-order valence-corrected chi connectivity index (χ4v) is 2.91. The van der Waals surface area contributed by atoms with Crippen molar-refractivity contribution in [3.63, 3.8) is 0 Å². The number of nitrogens with zero attached hydrogens (tertiary/aromatic N) is 3. The molecule has 0 radical (unpaired) electrons. The van der Waals surface area contributed by atoms with Crippen LogP contribution in [0.25, 0.3) is 11.1 Å². The Balaban J connectivity index is 1.76. The van der Waals surface area contributed by atoms with Crippen molar-refractivity contribution < 1.29 is 9.32 Å². The third-order valence-electron chi connectivity index (χ3n) is 4.44. The van der Waals surface area contributed by atoms with Crippen molar-refractivity contribution in [2.45, 2.75) is 39.7 Å². The third-order valence-corrected chi connectivity index (χ3v) is 4.44. The first-order valence-electron chi connectivity index (χ1n) is 8.68. The van der Waals surface area contributed by atoms with Crippen LogP contribution in [0.5, 0.6) is 0 Å². The molecule has 2 heterocycles. The van der Waals surface area contributed by atoms with Gasteiger partial charge in [-0.2, -0.15) is 4.98 Å². The lowest BCUT2D eigenvalue weighted by Gasteiger charge is -2.14. The van der Waals surface area contributed by atoms with E-state index in [0.717, 1.165) is 5.56 Å². The normalized spacial score (nSPS) is 12.3. The summed E-state index contributed by atoms with van der Waals surface area (Å²) in [6.07, 6.45) is 0.513. The van der Waals surface area contributed by atoms with Crippen molar-refractivity contribution in [2.24, 2.45) is 0 Å². The second kappa shape index (κ2) is 7.51. The van der Waals surface area contributed by atoms with Crippen molar-refractivity contribution in [3.8, 4) is 0 Å². The summed E-state index contributed by atoms with van der Waals surface area (Å²) in [7, 11) is 0. The fourth-order valence-electron chi connectivity index (χ4n) is 2.91. The largest absolute Gasteiger partial charge is 0.354 e. The van der Waals surface area contributed by atoms with Crippen LogP contribution in [-0.2, 0) is 17.8 Å². The molecule has 1 atom stereocenters. The van der Waals surface area contributed by atoms with Gasteiger partial charge in [-0.15, -0.1) is 0 Å². The fraction of sp³-hybridized carbons (Fsp3) is 0.368. The minimum atomic E-state index is -0.295. The molecule has 26 heavy (non-hydrogen) atoms. The topological polar surface area (TPSA) is 90.0 Å². The molecule has 7 heteroatoms. The minimum absolute atomic E-state index is 0.0723. The molecule has 3 rings (SSSR count). The average molecular weight is 354 g/mol. The van der Waals surface area contributed by atoms with E-state index in [9.17, 15) is 9.59 Å². The highest BCUT2D eigenvalue weighted by Gasteiger charge is 2.18. The first-order chi connectivity index (χ1) is 12.5. The summed E-state index contributed by atoms with van der Waals surface area (Å²) in [4.78, 5) is 29.4. The van der Waals surface area contributed by atoms with E-state index in [2.05, 4.69) is 15.5 Å². The zero-order chi connectivity index (χ0) is 18.7. The van der Waals surface area contributed by atoms with Crippen LogP contribution < -0.4 is 10.9 Å². The van der Waals surface area contributed by atoms with Crippen molar-refractivity contribution in [1.29, 1.82) is 0 Å². The molecule has 7 nitrogen and oxygen atoms in total. The lowest BCUT2D eigenvalue weighted by Crippen LogP contribution is -2.36. The SMILES string of the molecule is CCc1nc2onc(C)c2c(=O)n1CC(=O)NC[C@H](C)c1ccccc1. The zero-order valence-corrected chi connectivity index (χ0v) is 15.2. The summed E-state index contributed by atoms with van der Waals surface area (Å²) in [5.41, 5.74) is 1.56. The van der Waals surface area contributed by atoms with Crippen LogP contribution in [0, 0.1) is 6.92 Å². The van der Waals surface area contributed by atoms with Crippen LogP contribution in [-0.4, -0.2) is 27.2 Å². The minimum Gasteiger partial charge on any atom is -0.354 e. The highest BCUT2D eigenvalue weighted by Crippen LogP contribution is 2.14. The Bertz CT molecular complexity index is 976. The average Bonchev–Trinajstić information content (AvgIpc) is 3.03. The van der Waals surface area contributed by atoms with E-state index in [0.29, 0.717) is 29.9 Å². The second-order valence-corrected chi connectivity index (χ2v) is 6.34. The Hall–Kier alpha value is -2.96. The Morgan fingerprint density at radius 1 is 1.31 bits per heavy atom. The van der Waals surface area contributed by atoms with Gasteiger partial charge in [0.1, 0.15) is 17.8 Å². The van der Waals surface area contributed by atoms with Crippen LogP contribution >= 0.6 is 0 Å². The molecule has 1 amide bonds. The van der Waals surface area contributed by atoms with Crippen LogP contribution in [0.1, 0.15) is 36.8 Å². The number of hydrogen-bond acceptors (Lipinski definition) is 5. The van der Waals surface area contributed by atoms with Gasteiger partial charge in [0.05, 0.1) is 5.69 Å². The monoisotopic (exact) mass is 354 g/mol. The number of carbonyl (C=O) groups is 1. The lowest BCUT2D eigenvalue weighted by molar-refractivity contribution is -0.121. The molecule has 0 fully saturated rings. The Morgan fingerprint density at radius 3 is 2.73 bits per heavy atom. The van der Waals surface area contributed by atoms with Crippen LogP contribution in [0.2, 0.25) is 0 Å². The van der Waals surface area contributed by atoms with Gasteiger partial charge in [0.15, 0.2) is 0 Å². The molecule has 3 aromatic rings. The molecule has 0 unspecified atom stereocenters. The molecule has 1 aromatic carbocycles. The predicted octanol–water partition coefficient (Wildman–Crippen LogP) is 2.18. The number of carbonyl (C=O) groups excluding carboxylic acids is 1. The molecule has 0 saturated carbocycles. The first kappa shape index (κ1) is 17.8. The number of rotatable bonds is 6. The van der Waals surface area contributed by atoms with E-state index in [1.165, 1.54) is 4.57 Å². The maximum absolute atomic E-state index is 12.7. The summed E-state index contributed by atoms with van der Waals surface area (Å²) in [5.74, 6) is 0.466. The number of hydrogen-bond donors (Lipinski definition) is 1. The zero-order valence-electron chi connectivity index (χ0n) is 15.2. The van der Waals surface area contributed by atoms with Gasteiger partial charge in [-0.1, -0.05) is 49.3 Å². The number of fused-ring (bicyclic) bond motifs is 1. The van der Waals surface area contributed by atoms with E-state index >= 15 is 0 Å². The van der Waals surface area contributed by atoms with E-state index in [4.69, 9.17) is 4.52 Å². The maximum Gasteiger partial charge on any atom is 0.267 e. The summed E-state index contributed by atoms with van der Waals surface area (Å²) < 4.78 is 6.48. The van der Waals surface area contributed by atoms with Crippen LogP contribution in [0.4, 0.5) is 0 Å². The molecule has 0 aliphatic rings. The van der Waals surface area contributed by atoms with Gasteiger partial charge in [0.2, 0.25) is 5.91 Å². The Labute approximate surface area is 151 Å². The molecule has 0 aliphatic heterocycles. The number of aryl methyl sites for hydroxylation is 2. The summed E-state index contributed by atoms with van der Waals surface area (Å²) in [6.45, 7) is 6.04. The first-order valence-corrected chi connectivity index (χ1v) is 8.68. The van der Waals surface area contributed by atoms with Crippen molar-refractivity contribution in [1.82, 2.24) is 20.0 Å². The molecule has 0 aliphatic carbocycles. The molecule has 0 saturated heterocycles. The lowest BCUT2D eigenvalue weighted by atomic mass is 10.0. The van der Waals surface area contributed by atoms with E-state index in [1.54, 1.807) is 6.92 Å². The standard InChI is InChI=1S/C19H22N4O3/c1-4-15-21-18-17(13(3)22-26-18)19(25)23(15)11-16(24)20-10-12(2)14-8-6-5-7-9-14/h5-9,12H,4,10-11H2,1-3H3,(H,20,24)/t12-/m0/s1. The van der Waals surface area contributed by atoms with Crippen LogP contribution in [0.3, 0.4) is 0 Å². The molecular weight excluding hydrogens is 332 g/mol. The molecule has 136 valence electrons. The molecular formula is C19H22N4O3. The molecule has 1 N–H and O–H groups in total. The van der Waals surface area contributed by atoms with Gasteiger partial charge in [-0.05, 0) is 18.4 Å². The smallest absolute Gasteiger partial charge is 0.267 e. The predicted molar refractivity (Wildman–Crippen MR) is 98.0 cm³/mol. The number of amides is 1. The summed E-state index contributed by atoms with van der Waals surface area (Å²) >= 11 is 0. The number of benzene rings is 1.